The molecule has 3 aromatic rings. The standard InChI is InChI=1S/C23H19BrN2OS/c1-15(16-10-12-17(24)13-11-16)25-26-22(27)14-28-23-20-8-4-2-6-18(20)19-7-3-5-9-21(19)23/h2-13,23H,14H2,1H3,(H,26,27)/b25-15-. The van der Waals surface area contributed by atoms with Crippen molar-refractivity contribution in [2.75, 3.05) is 5.75 Å². The first-order valence-electron chi connectivity index (χ1n) is 9.02. The van der Waals surface area contributed by atoms with Crippen LogP contribution in [-0.2, 0) is 4.79 Å². The predicted octanol–water partition coefficient (Wildman–Crippen LogP) is 5.79. The van der Waals surface area contributed by atoms with Crippen molar-refractivity contribution in [2.24, 2.45) is 5.10 Å². The number of nitrogens with zero attached hydrogens (tertiary/aromatic N) is 1. The Morgan fingerprint density at radius 2 is 1.54 bits per heavy atom. The molecule has 0 heterocycles. The molecule has 0 aliphatic heterocycles. The summed E-state index contributed by atoms with van der Waals surface area (Å²) >= 11 is 5.06. The van der Waals surface area contributed by atoms with Gasteiger partial charge >= 0.3 is 0 Å². The predicted molar refractivity (Wildman–Crippen MR) is 121 cm³/mol. The van der Waals surface area contributed by atoms with E-state index < -0.39 is 0 Å². The Labute approximate surface area is 177 Å². The van der Waals surface area contributed by atoms with Crippen LogP contribution in [0.1, 0.15) is 28.9 Å². The van der Waals surface area contributed by atoms with Crippen LogP contribution in [0.4, 0.5) is 0 Å². The van der Waals surface area contributed by atoms with Crippen molar-refractivity contribution in [3.8, 4) is 11.1 Å². The minimum absolute atomic E-state index is 0.0941. The van der Waals surface area contributed by atoms with Gasteiger partial charge in [-0.15, -0.1) is 11.8 Å². The fourth-order valence-electron chi connectivity index (χ4n) is 3.38. The Bertz CT molecular complexity index is 1000. The van der Waals surface area contributed by atoms with Gasteiger partial charge in [0, 0.05) is 4.47 Å². The van der Waals surface area contributed by atoms with Crippen molar-refractivity contribution >= 4 is 39.3 Å². The van der Waals surface area contributed by atoms with Crippen molar-refractivity contribution in [1.82, 2.24) is 5.43 Å². The second-order valence-corrected chi connectivity index (χ2v) is 8.61. The van der Waals surface area contributed by atoms with Gasteiger partial charge in [-0.25, -0.2) is 5.43 Å². The van der Waals surface area contributed by atoms with Gasteiger partial charge in [-0.05, 0) is 46.9 Å². The fraction of sp³-hybridized carbons (Fsp3) is 0.130. The summed E-state index contributed by atoms with van der Waals surface area (Å²) in [6.45, 7) is 1.89. The highest BCUT2D eigenvalue weighted by atomic mass is 79.9. The molecular formula is C23H19BrN2OS. The lowest BCUT2D eigenvalue weighted by atomic mass is 10.1. The van der Waals surface area contributed by atoms with Crippen molar-refractivity contribution < 1.29 is 4.79 Å². The quantitative estimate of drug-likeness (QED) is 0.394. The third-order valence-corrected chi connectivity index (χ3v) is 6.57. The summed E-state index contributed by atoms with van der Waals surface area (Å²) < 4.78 is 1.02. The van der Waals surface area contributed by atoms with Gasteiger partial charge in [0.25, 0.3) is 0 Å². The Morgan fingerprint density at radius 1 is 0.964 bits per heavy atom. The molecule has 0 atom stereocenters. The van der Waals surface area contributed by atoms with Crippen LogP contribution in [0.5, 0.6) is 0 Å². The van der Waals surface area contributed by atoms with Gasteiger partial charge in [0.05, 0.1) is 16.7 Å². The van der Waals surface area contributed by atoms with E-state index in [1.165, 1.54) is 22.3 Å². The highest BCUT2D eigenvalue weighted by Crippen LogP contribution is 2.49. The lowest BCUT2D eigenvalue weighted by Gasteiger charge is -2.12. The molecule has 0 saturated heterocycles. The molecule has 0 radical (unpaired) electrons. The van der Waals surface area contributed by atoms with E-state index in [1.807, 2.05) is 31.2 Å². The van der Waals surface area contributed by atoms with E-state index in [4.69, 9.17) is 0 Å². The highest BCUT2D eigenvalue weighted by molar-refractivity contribution is 9.10. The summed E-state index contributed by atoms with van der Waals surface area (Å²) in [5.41, 5.74) is 9.52. The number of carbonyl (C=O) groups is 1. The van der Waals surface area contributed by atoms with E-state index in [0.29, 0.717) is 5.75 Å². The number of carbonyl (C=O) groups excluding carboxylic acids is 1. The smallest absolute Gasteiger partial charge is 0.250 e. The van der Waals surface area contributed by atoms with Crippen LogP contribution in [0.2, 0.25) is 0 Å². The number of nitrogens with one attached hydrogen (secondary N) is 1. The first-order chi connectivity index (χ1) is 13.6. The first kappa shape index (κ1) is 19.0. The van der Waals surface area contributed by atoms with Crippen molar-refractivity contribution in [1.29, 1.82) is 0 Å². The fourth-order valence-corrected chi connectivity index (χ4v) is 4.80. The largest absolute Gasteiger partial charge is 0.272 e. The van der Waals surface area contributed by atoms with E-state index in [9.17, 15) is 4.79 Å². The number of rotatable bonds is 5. The molecule has 3 aromatic carbocycles. The van der Waals surface area contributed by atoms with Gasteiger partial charge in [-0.2, -0.15) is 5.10 Å². The molecule has 5 heteroatoms. The van der Waals surface area contributed by atoms with Gasteiger partial charge < -0.3 is 0 Å². The van der Waals surface area contributed by atoms with Gasteiger partial charge in [0.1, 0.15) is 0 Å². The number of thioether (sulfide) groups is 1. The van der Waals surface area contributed by atoms with Crippen LogP contribution in [-0.4, -0.2) is 17.4 Å². The van der Waals surface area contributed by atoms with E-state index >= 15 is 0 Å². The Kier molecular flexibility index (Phi) is 5.64. The summed E-state index contributed by atoms with van der Waals surface area (Å²) in [4.78, 5) is 12.4. The molecule has 1 N–H and O–H groups in total. The Balaban J connectivity index is 1.42. The van der Waals surface area contributed by atoms with Crippen LogP contribution in [0, 0.1) is 0 Å². The number of hydrogen-bond acceptors (Lipinski definition) is 3. The highest BCUT2D eigenvalue weighted by Gasteiger charge is 2.28. The number of hydrazone groups is 1. The number of fused-ring (bicyclic) bond motifs is 3. The Morgan fingerprint density at radius 3 is 2.14 bits per heavy atom. The zero-order chi connectivity index (χ0) is 19.5. The number of hydrogen-bond donors (Lipinski definition) is 1. The van der Waals surface area contributed by atoms with Crippen LogP contribution < -0.4 is 5.43 Å². The van der Waals surface area contributed by atoms with Gasteiger partial charge in [0.15, 0.2) is 0 Å². The normalized spacial score (nSPS) is 13.1. The van der Waals surface area contributed by atoms with Crippen LogP contribution in [0.15, 0.2) is 82.4 Å². The molecule has 1 aliphatic rings. The molecule has 0 fully saturated rings. The third kappa shape index (κ3) is 3.91. The first-order valence-corrected chi connectivity index (χ1v) is 10.9. The van der Waals surface area contributed by atoms with Crippen LogP contribution in [0.25, 0.3) is 11.1 Å². The van der Waals surface area contributed by atoms with Crippen molar-refractivity contribution in [3.05, 3.63) is 94.0 Å². The van der Waals surface area contributed by atoms with Gasteiger partial charge in [-0.3, -0.25) is 4.79 Å². The van der Waals surface area contributed by atoms with E-state index in [-0.39, 0.29) is 11.2 Å². The van der Waals surface area contributed by atoms with Crippen molar-refractivity contribution in [3.63, 3.8) is 0 Å². The summed E-state index contributed by atoms with van der Waals surface area (Å²) in [7, 11) is 0. The van der Waals surface area contributed by atoms with E-state index in [0.717, 1.165) is 15.7 Å². The minimum atomic E-state index is -0.0941. The molecule has 0 saturated carbocycles. The molecule has 1 aliphatic carbocycles. The second-order valence-electron chi connectivity index (χ2n) is 6.60. The molecular weight excluding hydrogens is 432 g/mol. The lowest BCUT2D eigenvalue weighted by Crippen LogP contribution is -2.21. The molecule has 3 nitrogen and oxygen atoms in total. The zero-order valence-corrected chi connectivity index (χ0v) is 17.8. The van der Waals surface area contributed by atoms with Gasteiger partial charge in [0.2, 0.25) is 5.91 Å². The van der Waals surface area contributed by atoms with Gasteiger partial charge in [-0.1, -0.05) is 76.6 Å². The number of benzene rings is 3. The number of halogens is 1. The third-order valence-electron chi connectivity index (χ3n) is 4.77. The summed E-state index contributed by atoms with van der Waals surface area (Å²) in [6.07, 6.45) is 0. The molecule has 1 amide bonds. The molecule has 4 rings (SSSR count). The summed E-state index contributed by atoms with van der Waals surface area (Å²) in [5, 5.41) is 4.42. The minimum Gasteiger partial charge on any atom is -0.272 e. The molecule has 0 aromatic heterocycles. The second kappa shape index (κ2) is 8.33. The van der Waals surface area contributed by atoms with E-state index in [2.05, 4.69) is 75.0 Å². The molecule has 0 bridgehead atoms. The molecule has 0 unspecified atom stereocenters. The Hall–Kier alpha value is -2.37. The topological polar surface area (TPSA) is 41.5 Å². The summed E-state index contributed by atoms with van der Waals surface area (Å²) in [5.74, 6) is 0.257. The average Bonchev–Trinajstić information content (AvgIpc) is 3.05. The monoisotopic (exact) mass is 450 g/mol. The maximum absolute atomic E-state index is 12.4. The maximum atomic E-state index is 12.4. The maximum Gasteiger partial charge on any atom is 0.250 e. The van der Waals surface area contributed by atoms with Crippen molar-refractivity contribution in [2.45, 2.75) is 12.2 Å². The molecule has 140 valence electrons. The summed E-state index contributed by atoms with van der Waals surface area (Å²) in [6, 6.07) is 24.7. The van der Waals surface area contributed by atoms with Crippen LogP contribution in [0.3, 0.4) is 0 Å². The molecule has 28 heavy (non-hydrogen) atoms. The zero-order valence-electron chi connectivity index (χ0n) is 15.4. The number of amides is 1. The lowest BCUT2D eigenvalue weighted by molar-refractivity contribution is -0.118. The van der Waals surface area contributed by atoms with E-state index in [1.54, 1.807) is 11.8 Å². The van der Waals surface area contributed by atoms with Crippen LogP contribution >= 0.6 is 27.7 Å². The average molecular weight is 451 g/mol. The SMILES string of the molecule is C/C(=N/NC(=O)CSC1c2ccccc2-c2ccccc21)c1ccc(Br)cc1. The molecule has 0 spiro atoms.